The maximum absolute atomic E-state index is 9.33. The van der Waals surface area contributed by atoms with E-state index in [4.69, 9.17) is 14.2 Å². The maximum atomic E-state index is 9.33. The summed E-state index contributed by atoms with van der Waals surface area (Å²) in [5.74, 6) is 1.33. The number of ether oxygens (including phenoxy) is 3. The quantitative estimate of drug-likeness (QED) is 0.257. The molecule has 1 saturated heterocycles. The van der Waals surface area contributed by atoms with E-state index >= 15 is 0 Å². The number of morpholine rings is 1. The Morgan fingerprint density at radius 1 is 1.09 bits per heavy atom. The van der Waals surface area contributed by atoms with Crippen molar-refractivity contribution in [2.45, 2.75) is 13.5 Å². The van der Waals surface area contributed by atoms with E-state index < -0.39 is 0 Å². The zero-order chi connectivity index (χ0) is 23.8. The molecule has 1 fully saturated rings. The van der Waals surface area contributed by atoms with Crippen molar-refractivity contribution in [2.75, 3.05) is 37.8 Å². The second-order valence-corrected chi connectivity index (χ2v) is 8.86. The third-order valence-electron chi connectivity index (χ3n) is 5.43. The summed E-state index contributed by atoms with van der Waals surface area (Å²) in [7, 11) is 0. The number of anilines is 1. The van der Waals surface area contributed by atoms with Crippen LogP contribution in [0, 0.1) is 14.9 Å². The summed E-state index contributed by atoms with van der Waals surface area (Å²) in [6.45, 7) is 6.12. The Balaban J connectivity index is 1.49. The number of halogens is 1. The molecule has 6 nitrogen and oxygen atoms in total. The molecule has 3 aromatic carbocycles. The van der Waals surface area contributed by atoms with Crippen LogP contribution in [0.5, 0.6) is 11.5 Å². The van der Waals surface area contributed by atoms with Gasteiger partial charge in [-0.05, 0) is 77.5 Å². The first kappa shape index (κ1) is 24.0. The lowest BCUT2D eigenvalue weighted by Crippen LogP contribution is -2.36. The van der Waals surface area contributed by atoms with Crippen LogP contribution in [0.2, 0.25) is 0 Å². The smallest absolute Gasteiger partial charge is 0.175 e. The van der Waals surface area contributed by atoms with Gasteiger partial charge in [-0.25, -0.2) is 0 Å². The predicted molar refractivity (Wildman–Crippen MR) is 143 cm³/mol. The summed E-state index contributed by atoms with van der Waals surface area (Å²) < 4.78 is 18.3. The first-order valence-electron chi connectivity index (χ1n) is 11.2. The molecule has 0 spiro atoms. The van der Waals surface area contributed by atoms with Gasteiger partial charge in [-0.1, -0.05) is 18.2 Å². The van der Waals surface area contributed by atoms with Crippen molar-refractivity contribution in [1.29, 1.82) is 5.26 Å². The molecule has 0 radical (unpaired) electrons. The normalized spacial score (nSPS) is 13.6. The molecule has 0 aliphatic carbocycles. The third kappa shape index (κ3) is 6.07. The Hall–Kier alpha value is -3.09. The van der Waals surface area contributed by atoms with Crippen LogP contribution >= 0.6 is 22.6 Å². The molecule has 0 aromatic heterocycles. The summed E-state index contributed by atoms with van der Waals surface area (Å²) in [4.78, 5) is 6.97. The average molecular weight is 567 g/mol. The molecular formula is C27H26IN3O3. The number of nitriles is 1. The summed E-state index contributed by atoms with van der Waals surface area (Å²) >= 11 is 2.25. The average Bonchev–Trinajstić information content (AvgIpc) is 2.88. The number of hydrogen-bond donors (Lipinski definition) is 0. The highest BCUT2D eigenvalue weighted by molar-refractivity contribution is 14.1. The second kappa shape index (κ2) is 11.9. The lowest BCUT2D eigenvalue weighted by Gasteiger charge is -2.28. The summed E-state index contributed by atoms with van der Waals surface area (Å²) in [6.07, 6.45) is 1.84. The van der Waals surface area contributed by atoms with Gasteiger partial charge in [0.15, 0.2) is 11.5 Å². The first-order valence-corrected chi connectivity index (χ1v) is 12.3. The summed E-state index contributed by atoms with van der Waals surface area (Å²) in [5, 5.41) is 9.33. The highest BCUT2D eigenvalue weighted by Crippen LogP contribution is 2.35. The molecule has 7 heteroatoms. The first-order chi connectivity index (χ1) is 16.7. The molecule has 1 heterocycles. The fourth-order valence-electron chi connectivity index (χ4n) is 3.69. The van der Waals surface area contributed by atoms with Gasteiger partial charge in [0.25, 0.3) is 0 Å². The van der Waals surface area contributed by atoms with E-state index in [0.29, 0.717) is 30.3 Å². The van der Waals surface area contributed by atoms with Crippen molar-refractivity contribution in [1.82, 2.24) is 0 Å². The van der Waals surface area contributed by atoms with Gasteiger partial charge in [-0.2, -0.15) is 5.26 Å². The van der Waals surface area contributed by atoms with Gasteiger partial charge in [0.05, 0.1) is 40.7 Å². The second-order valence-electron chi connectivity index (χ2n) is 7.69. The molecule has 0 saturated carbocycles. The Bertz CT molecular complexity index is 1180. The summed E-state index contributed by atoms with van der Waals surface area (Å²) in [6, 6.07) is 21.9. The Kier molecular flexibility index (Phi) is 8.39. The van der Waals surface area contributed by atoms with Crippen LogP contribution < -0.4 is 14.4 Å². The van der Waals surface area contributed by atoms with Crippen LogP contribution in [-0.4, -0.2) is 39.1 Å². The van der Waals surface area contributed by atoms with Crippen molar-refractivity contribution in [3.05, 3.63) is 80.9 Å². The van der Waals surface area contributed by atoms with E-state index in [0.717, 1.165) is 46.7 Å². The number of nitrogens with zero attached hydrogens (tertiary/aromatic N) is 3. The SMILES string of the molecule is CCOc1cc(C=Nc2ccc(N3CCOCC3)cc2)cc(I)c1OCc1ccccc1C#N. The fraction of sp³-hybridized carbons (Fsp3) is 0.259. The van der Waals surface area contributed by atoms with Crippen molar-refractivity contribution in [3.8, 4) is 17.6 Å². The lowest BCUT2D eigenvalue weighted by atomic mass is 10.1. The minimum atomic E-state index is 0.294. The predicted octanol–water partition coefficient (Wildman–Crippen LogP) is 5.73. The van der Waals surface area contributed by atoms with Crippen LogP contribution in [0.4, 0.5) is 11.4 Å². The van der Waals surface area contributed by atoms with E-state index in [9.17, 15) is 5.26 Å². The molecule has 0 bridgehead atoms. The minimum absolute atomic E-state index is 0.294. The molecule has 0 amide bonds. The van der Waals surface area contributed by atoms with Gasteiger partial charge in [0, 0.05) is 30.6 Å². The van der Waals surface area contributed by atoms with Gasteiger partial charge in [0.2, 0.25) is 0 Å². The Labute approximate surface area is 213 Å². The van der Waals surface area contributed by atoms with Crippen molar-refractivity contribution in [3.63, 3.8) is 0 Å². The van der Waals surface area contributed by atoms with Crippen molar-refractivity contribution >= 4 is 40.2 Å². The van der Waals surface area contributed by atoms with Gasteiger partial charge < -0.3 is 19.1 Å². The van der Waals surface area contributed by atoms with Crippen LogP contribution in [0.25, 0.3) is 0 Å². The number of rotatable bonds is 8. The molecule has 1 aliphatic rings. The topological polar surface area (TPSA) is 67.1 Å². The van der Waals surface area contributed by atoms with Crippen LogP contribution in [0.15, 0.2) is 65.7 Å². The lowest BCUT2D eigenvalue weighted by molar-refractivity contribution is 0.122. The van der Waals surface area contributed by atoms with E-state index in [1.54, 1.807) is 6.07 Å². The number of aliphatic imine (C=N–C) groups is 1. The summed E-state index contributed by atoms with van der Waals surface area (Å²) in [5.41, 5.74) is 4.46. The molecule has 0 N–H and O–H groups in total. The van der Waals surface area contributed by atoms with E-state index in [-0.39, 0.29) is 0 Å². The highest BCUT2D eigenvalue weighted by Gasteiger charge is 2.14. The number of benzene rings is 3. The van der Waals surface area contributed by atoms with E-state index in [1.807, 2.05) is 55.6 Å². The Morgan fingerprint density at radius 3 is 2.59 bits per heavy atom. The monoisotopic (exact) mass is 567 g/mol. The van der Waals surface area contributed by atoms with Gasteiger partial charge >= 0.3 is 0 Å². The molecule has 34 heavy (non-hydrogen) atoms. The maximum Gasteiger partial charge on any atom is 0.175 e. The number of hydrogen-bond acceptors (Lipinski definition) is 6. The van der Waals surface area contributed by atoms with Crippen molar-refractivity contribution in [2.24, 2.45) is 4.99 Å². The molecule has 4 rings (SSSR count). The molecule has 0 unspecified atom stereocenters. The van der Waals surface area contributed by atoms with Crippen LogP contribution in [0.3, 0.4) is 0 Å². The van der Waals surface area contributed by atoms with E-state index in [2.05, 4.69) is 50.7 Å². The van der Waals surface area contributed by atoms with Crippen LogP contribution in [0.1, 0.15) is 23.6 Å². The standard InChI is InChI=1S/C27H26IN3O3/c1-2-33-26-16-20(15-25(28)27(26)34-19-22-6-4-3-5-21(22)17-29)18-30-23-7-9-24(10-8-23)31-11-13-32-14-12-31/h3-10,15-16,18H,2,11-14,19H2,1H3. The van der Waals surface area contributed by atoms with E-state index in [1.165, 1.54) is 5.69 Å². The molecule has 0 atom stereocenters. The minimum Gasteiger partial charge on any atom is -0.490 e. The molecule has 3 aromatic rings. The Morgan fingerprint density at radius 2 is 1.85 bits per heavy atom. The third-order valence-corrected chi connectivity index (χ3v) is 6.23. The van der Waals surface area contributed by atoms with Gasteiger partial charge in [-0.3, -0.25) is 4.99 Å². The zero-order valence-electron chi connectivity index (χ0n) is 19.0. The fourth-order valence-corrected chi connectivity index (χ4v) is 4.47. The highest BCUT2D eigenvalue weighted by atomic mass is 127. The van der Waals surface area contributed by atoms with Crippen molar-refractivity contribution < 1.29 is 14.2 Å². The van der Waals surface area contributed by atoms with Crippen LogP contribution in [-0.2, 0) is 11.3 Å². The largest absolute Gasteiger partial charge is 0.490 e. The molecule has 174 valence electrons. The van der Waals surface area contributed by atoms with Gasteiger partial charge in [0.1, 0.15) is 6.61 Å². The van der Waals surface area contributed by atoms with Gasteiger partial charge in [-0.15, -0.1) is 0 Å². The molecular weight excluding hydrogens is 541 g/mol. The zero-order valence-corrected chi connectivity index (χ0v) is 21.2. The molecule has 1 aliphatic heterocycles.